The maximum absolute atomic E-state index is 12.5. The van der Waals surface area contributed by atoms with Gasteiger partial charge in [-0.1, -0.05) is 13.8 Å². The molecule has 1 N–H and O–H groups in total. The second-order valence-corrected chi connectivity index (χ2v) is 5.99. The predicted octanol–water partition coefficient (Wildman–Crippen LogP) is 1.17. The molecule has 110 valence electrons. The molecule has 0 saturated carbocycles. The van der Waals surface area contributed by atoms with Crippen LogP contribution in [-0.4, -0.2) is 48.1 Å². The molecule has 1 rings (SSSR count). The molecule has 1 atom stereocenters. The number of hydrogen-bond acceptors (Lipinski definition) is 3. The van der Waals surface area contributed by atoms with Gasteiger partial charge in [-0.3, -0.25) is 9.59 Å². The third-order valence-electron chi connectivity index (χ3n) is 3.28. The first-order chi connectivity index (χ1) is 8.76. The zero-order valence-corrected chi connectivity index (χ0v) is 12.7. The maximum Gasteiger partial charge on any atom is 0.245 e. The van der Waals surface area contributed by atoms with Gasteiger partial charge < -0.3 is 15.0 Å². The van der Waals surface area contributed by atoms with E-state index in [-0.39, 0.29) is 23.3 Å². The molecule has 1 heterocycles. The van der Waals surface area contributed by atoms with Gasteiger partial charge in [-0.15, -0.1) is 0 Å². The Kier molecular flexibility index (Phi) is 5.35. The number of nitrogens with one attached hydrogen (secondary N) is 1. The number of rotatable bonds is 5. The van der Waals surface area contributed by atoms with Gasteiger partial charge in [-0.2, -0.15) is 0 Å². The van der Waals surface area contributed by atoms with Gasteiger partial charge in [0.2, 0.25) is 11.8 Å². The molecule has 0 aromatic rings. The van der Waals surface area contributed by atoms with Crippen molar-refractivity contribution < 1.29 is 14.3 Å². The van der Waals surface area contributed by atoms with Crippen molar-refractivity contribution in [1.82, 2.24) is 10.2 Å². The van der Waals surface area contributed by atoms with Crippen LogP contribution in [0.5, 0.6) is 0 Å². The first-order valence-corrected chi connectivity index (χ1v) is 6.99. The molecule has 19 heavy (non-hydrogen) atoms. The Morgan fingerprint density at radius 3 is 2.58 bits per heavy atom. The molecule has 0 aromatic carbocycles. The average molecular weight is 270 g/mol. The maximum atomic E-state index is 12.5. The van der Waals surface area contributed by atoms with Crippen molar-refractivity contribution in [2.75, 3.05) is 19.7 Å². The molecule has 2 amide bonds. The summed E-state index contributed by atoms with van der Waals surface area (Å²) in [5.74, 6) is 0.0321. The first kappa shape index (κ1) is 16.0. The summed E-state index contributed by atoms with van der Waals surface area (Å²) in [7, 11) is 0. The zero-order chi connectivity index (χ0) is 14.6. The number of carbonyl (C=O) groups is 2. The third-order valence-corrected chi connectivity index (χ3v) is 3.28. The highest BCUT2D eigenvalue weighted by Crippen LogP contribution is 2.16. The minimum Gasteiger partial charge on any atom is -0.374 e. The number of nitrogens with zero attached hydrogens (tertiary/aromatic N) is 1. The molecule has 0 radical (unpaired) electrons. The monoisotopic (exact) mass is 270 g/mol. The van der Waals surface area contributed by atoms with Gasteiger partial charge in [0.1, 0.15) is 6.04 Å². The fourth-order valence-corrected chi connectivity index (χ4v) is 2.36. The summed E-state index contributed by atoms with van der Waals surface area (Å²) in [4.78, 5) is 25.9. The summed E-state index contributed by atoms with van der Waals surface area (Å²) in [6.45, 7) is 11.3. The highest BCUT2D eigenvalue weighted by molar-refractivity contribution is 5.90. The average Bonchev–Trinajstić information content (AvgIpc) is 2.41. The molecule has 1 unspecified atom stereocenters. The van der Waals surface area contributed by atoms with E-state index in [0.29, 0.717) is 26.1 Å². The van der Waals surface area contributed by atoms with E-state index in [0.717, 1.165) is 0 Å². The summed E-state index contributed by atoms with van der Waals surface area (Å²) < 4.78 is 5.64. The van der Waals surface area contributed by atoms with Gasteiger partial charge in [0.15, 0.2) is 0 Å². The van der Waals surface area contributed by atoms with Crippen molar-refractivity contribution >= 4 is 11.8 Å². The van der Waals surface area contributed by atoms with Gasteiger partial charge >= 0.3 is 0 Å². The lowest BCUT2D eigenvalue weighted by Gasteiger charge is -2.33. The smallest absolute Gasteiger partial charge is 0.245 e. The molecule has 1 saturated heterocycles. The minimum atomic E-state index is -0.424. The number of carbonyl (C=O) groups excluding carboxylic acids is 2. The zero-order valence-electron chi connectivity index (χ0n) is 12.7. The molecular formula is C14H26N2O3. The quantitative estimate of drug-likeness (QED) is 0.816. The van der Waals surface area contributed by atoms with E-state index < -0.39 is 6.04 Å². The lowest BCUT2D eigenvalue weighted by atomic mass is 10.0. The van der Waals surface area contributed by atoms with Crippen LogP contribution in [0.1, 0.15) is 41.0 Å². The topological polar surface area (TPSA) is 58.6 Å². The van der Waals surface area contributed by atoms with Crippen molar-refractivity contribution in [2.24, 2.45) is 5.92 Å². The predicted molar refractivity (Wildman–Crippen MR) is 73.7 cm³/mol. The second kappa shape index (κ2) is 6.37. The molecule has 1 aliphatic heterocycles. The van der Waals surface area contributed by atoms with Crippen LogP contribution in [0.4, 0.5) is 0 Å². The van der Waals surface area contributed by atoms with Gasteiger partial charge in [-0.25, -0.2) is 0 Å². The Bertz CT molecular complexity index is 340. The standard InChI is InChI=1S/C14H26N2O3/c1-6-19-14(4,5)9-16-8-7-11(17)15-12(10(2)3)13(16)18/h10,12H,6-9H2,1-5H3,(H,15,17). The third kappa shape index (κ3) is 4.49. The highest BCUT2D eigenvalue weighted by atomic mass is 16.5. The fraction of sp³-hybridized carbons (Fsp3) is 0.857. The summed E-state index contributed by atoms with van der Waals surface area (Å²) in [6.07, 6.45) is 0.358. The second-order valence-electron chi connectivity index (χ2n) is 5.99. The molecular weight excluding hydrogens is 244 g/mol. The van der Waals surface area contributed by atoms with E-state index in [1.165, 1.54) is 0 Å². The van der Waals surface area contributed by atoms with Crippen LogP contribution in [0.15, 0.2) is 0 Å². The van der Waals surface area contributed by atoms with Crippen LogP contribution in [0.25, 0.3) is 0 Å². The lowest BCUT2D eigenvalue weighted by Crippen LogP contribution is -2.51. The fourth-order valence-electron chi connectivity index (χ4n) is 2.36. The van der Waals surface area contributed by atoms with Crippen molar-refractivity contribution in [3.8, 4) is 0 Å². The van der Waals surface area contributed by atoms with E-state index in [2.05, 4.69) is 5.32 Å². The Hall–Kier alpha value is -1.10. The first-order valence-electron chi connectivity index (χ1n) is 6.99. The molecule has 0 bridgehead atoms. The molecule has 0 aromatic heterocycles. The van der Waals surface area contributed by atoms with Crippen molar-refractivity contribution in [3.63, 3.8) is 0 Å². The Morgan fingerprint density at radius 1 is 1.42 bits per heavy atom. The highest BCUT2D eigenvalue weighted by Gasteiger charge is 2.34. The van der Waals surface area contributed by atoms with Gasteiger partial charge in [-0.05, 0) is 26.7 Å². The molecule has 0 aliphatic carbocycles. The normalized spacial score (nSPS) is 21.6. The van der Waals surface area contributed by atoms with Crippen LogP contribution >= 0.6 is 0 Å². The van der Waals surface area contributed by atoms with Gasteiger partial charge in [0.05, 0.1) is 5.60 Å². The van der Waals surface area contributed by atoms with Crippen molar-refractivity contribution in [3.05, 3.63) is 0 Å². The van der Waals surface area contributed by atoms with Crippen LogP contribution < -0.4 is 5.32 Å². The molecule has 1 fully saturated rings. The van der Waals surface area contributed by atoms with Crippen LogP contribution in [0.3, 0.4) is 0 Å². The Balaban J connectivity index is 2.81. The van der Waals surface area contributed by atoms with E-state index in [9.17, 15) is 9.59 Å². The van der Waals surface area contributed by atoms with Gasteiger partial charge in [0.25, 0.3) is 0 Å². The van der Waals surface area contributed by atoms with E-state index in [4.69, 9.17) is 4.74 Å². The van der Waals surface area contributed by atoms with Crippen molar-refractivity contribution in [2.45, 2.75) is 52.7 Å². The van der Waals surface area contributed by atoms with Crippen LogP contribution in [0, 0.1) is 5.92 Å². The molecule has 1 aliphatic rings. The molecule has 5 heteroatoms. The van der Waals surface area contributed by atoms with E-state index >= 15 is 0 Å². The van der Waals surface area contributed by atoms with Crippen LogP contribution in [-0.2, 0) is 14.3 Å². The Labute approximate surface area is 115 Å². The number of ether oxygens (including phenoxy) is 1. The van der Waals surface area contributed by atoms with E-state index in [1.807, 2.05) is 34.6 Å². The van der Waals surface area contributed by atoms with Gasteiger partial charge in [0, 0.05) is 26.1 Å². The SMILES string of the molecule is CCOC(C)(C)CN1CCC(=O)NC(C(C)C)C1=O. The minimum absolute atomic E-state index is 0.00590. The largest absolute Gasteiger partial charge is 0.374 e. The molecule has 5 nitrogen and oxygen atoms in total. The summed E-state index contributed by atoms with van der Waals surface area (Å²) >= 11 is 0. The van der Waals surface area contributed by atoms with Crippen LogP contribution in [0.2, 0.25) is 0 Å². The van der Waals surface area contributed by atoms with Crippen molar-refractivity contribution in [1.29, 1.82) is 0 Å². The molecule has 0 spiro atoms. The number of amides is 2. The summed E-state index contributed by atoms with van der Waals surface area (Å²) in [5.41, 5.74) is -0.390. The lowest BCUT2D eigenvalue weighted by molar-refractivity contribution is -0.138. The van der Waals surface area contributed by atoms with E-state index in [1.54, 1.807) is 4.90 Å². The summed E-state index contributed by atoms with van der Waals surface area (Å²) in [6, 6.07) is -0.424. The number of hydrogen-bond donors (Lipinski definition) is 1. The Morgan fingerprint density at radius 2 is 2.05 bits per heavy atom. The summed E-state index contributed by atoms with van der Waals surface area (Å²) in [5, 5.41) is 2.80.